The van der Waals surface area contributed by atoms with E-state index >= 15 is 0 Å². The number of hydrogen-bond donors (Lipinski definition) is 2. The van der Waals surface area contributed by atoms with Crippen LogP contribution in [0.1, 0.15) is 5.56 Å². The summed E-state index contributed by atoms with van der Waals surface area (Å²) in [4.78, 5) is 1.61. The summed E-state index contributed by atoms with van der Waals surface area (Å²) in [7, 11) is -3.98. The molecule has 0 spiro atoms. The number of anilines is 2. The minimum Gasteiger partial charge on any atom is -0.507 e. The second-order valence-electron chi connectivity index (χ2n) is 5.39. The lowest BCUT2D eigenvalue weighted by Crippen LogP contribution is -2.20. The molecule has 0 aromatic heterocycles. The van der Waals surface area contributed by atoms with Crippen molar-refractivity contribution in [3.05, 3.63) is 47.0 Å². The van der Waals surface area contributed by atoms with Gasteiger partial charge in [-0.1, -0.05) is 17.7 Å². The van der Waals surface area contributed by atoms with E-state index in [0.29, 0.717) is 5.69 Å². The third kappa shape index (κ3) is 3.11. The Morgan fingerprint density at radius 1 is 1.29 bits per heavy atom. The van der Waals surface area contributed by atoms with Gasteiger partial charge in [-0.25, -0.2) is 8.42 Å². The molecule has 124 valence electrons. The van der Waals surface area contributed by atoms with E-state index in [1.54, 1.807) is 12.1 Å². The summed E-state index contributed by atoms with van der Waals surface area (Å²) in [6.45, 7) is 0.979. The number of nitrogens with zero attached hydrogens (tertiary/aromatic N) is 2. The quantitative estimate of drug-likeness (QED) is 0.814. The van der Waals surface area contributed by atoms with Crippen LogP contribution >= 0.6 is 11.6 Å². The van der Waals surface area contributed by atoms with Crippen molar-refractivity contribution in [1.29, 1.82) is 5.26 Å². The molecule has 2 aromatic carbocycles. The van der Waals surface area contributed by atoms with Gasteiger partial charge in [-0.15, -0.1) is 0 Å². The van der Waals surface area contributed by atoms with Crippen LogP contribution in [0.25, 0.3) is 0 Å². The summed E-state index contributed by atoms with van der Waals surface area (Å²) in [6, 6.07) is 11.1. The first-order chi connectivity index (χ1) is 11.4. The third-order valence-electron chi connectivity index (χ3n) is 3.80. The van der Waals surface area contributed by atoms with E-state index < -0.39 is 10.0 Å². The fraction of sp³-hybridized carbons (Fsp3) is 0.188. The zero-order valence-electron chi connectivity index (χ0n) is 12.5. The van der Waals surface area contributed by atoms with Gasteiger partial charge in [0.25, 0.3) is 10.0 Å². The fourth-order valence-corrected chi connectivity index (χ4v) is 4.08. The molecule has 0 unspecified atom stereocenters. The number of sulfonamides is 1. The van der Waals surface area contributed by atoms with Crippen LogP contribution in [0.5, 0.6) is 5.75 Å². The molecule has 6 nitrogen and oxygen atoms in total. The Hall–Kier alpha value is -2.43. The molecule has 0 saturated heterocycles. The van der Waals surface area contributed by atoms with E-state index in [1.165, 1.54) is 18.2 Å². The maximum Gasteiger partial charge on any atom is 0.265 e. The molecule has 0 saturated carbocycles. The number of hydrogen-bond acceptors (Lipinski definition) is 5. The number of nitrogens with one attached hydrogen (secondary N) is 1. The Morgan fingerprint density at radius 2 is 2.08 bits per heavy atom. The Morgan fingerprint density at radius 3 is 2.83 bits per heavy atom. The highest BCUT2D eigenvalue weighted by molar-refractivity contribution is 7.92. The van der Waals surface area contributed by atoms with E-state index in [0.717, 1.165) is 24.2 Å². The van der Waals surface area contributed by atoms with Crippen molar-refractivity contribution in [2.45, 2.75) is 11.3 Å². The molecule has 1 heterocycles. The van der Waals surface area contributed by atoms with Crippen molar-refractivity contribution in [3.63, 3.8) is 0 Å². The van der Waals surface area contributed by atoms with Gasteiger partial charge in [-0.05, 0) is 42.3 Å². The lowest BCUT2D eigenvalue weighted by atomic mass is 10.1. The summed E-state index contributed by atoms with van der Waals surface area (Å²) in [6.07, 6.45) is 0.819. The van der Waals surface area contributed by atoms with E-state index in [-0.39, 0.29) is 22.2 Å². The minimum absolute atomic E-state index is 0.210. The first-order valence-electron chi connectivity index (χ1n) is 7.17. The molecule has 2 N–H and O–H groups in total. The number of fused-ring (bicyclic) bond motifs is 1. The lowest BCUT2D eigenvalue weighted by Gasteiger charge is -2.16. The molecule has 0 atom stereocenters. The van der Waals surface area contributed by atoms with Crippen molar-refractivity contribution in [2.75, 3.05) is 22.7 Å². The highest BCUT2D eigenvalue weighted by atomic mass is 35.5. The van der Waals surface area contributed by atoms with Gasteiger partial charge >= 0.3 is 0 Å². The number of phenols is 1. The second kappa shape index (κ2) is 6.23. The topological polar surface area (TPSA) is 93.4 Å². The molecule has 0 radical (unpaired) electrons. The fourth-order valence-electron chi connectivity index (χ4n) is 2.67. The van der Waals surface area contributed by atoms with E-state index in [2.05, 4.69) is 10.8 Å². The Balaban J connectivity index is 1.93. The monoisotopic (exact) mass is 363 g/mol. The number of halogens is 1. The van der Waals surface area contributed by atoms with Gasteiger partial charge < -0.3 is 10.0 Å². The Labute approximate surface area is 145 Å². The average molecular weight is 364 g/mol. The number of nitriles is 1. The van der Waals surface area contributed by atoms with E-state index in [9.17, 15) is 13.5 Å². The smallest absolute Gasteiger partial charge is 0.265 e. The Bertz CT molecular complexity index is 938. The maximum absolute atomic E-state index is 12.5. The van der Waals surface area contributed by atoms with Crippen LogP contribution in [0.4, 0.5) is 11.4 Å². The molecule has 24 heavy (non-hydrogen) atoms. The molecule has 8 heteroatoms. The van der Waals surface area contributed by atoms with Crippen molar-refractivity contribution in [1.82, 2.24) is 0 Å². The van der Waals surface area contributed by atoms with Crippen LogP contribution in [-0.4, -0.2) is 26.6 Å². The molecule has 0 fully saturated rings. The minimum atomic E-state index is -3.98. The summed E-state index contributed by atoms with van der Waals surface area (Å²) in [5.74, 6) is -0.376. The van der Waals surface area contributed by atoms with Crippen LogP contribution in [0, 0.1) is 11.3 Å². The highest BCUT2D eigenvalue weighted by Crippen LogP contribution is 2.32. The second-order valence-corrected chi connectivity index (χ2v) is 7.48. The van der Waals surface area contributed by atoms with Gasteiger partial charge in [0.1, 0.15) is 17.2 Å². The van der Waals surface area contributed by atoms with Crippen LogP contribution in [0.3, 0.4) is 0 Å². The normalized spacial score (nSPS) is 13.4. The highest BCUT2D eigenvalue weighted by Gasteiger charge is 2.22. The number of aromatic hydroxyl groups is 1. The standard InChI is InChI=1S/C16H14ClN3O3S/c17-12-2-4-15(21)16(9-12)24(22,23)19-13-3-1-11-5-7-20(8-6-18)14(11)10-13/h1-4,9-10,19,21H,5,7-8H2. The SMILES string of the molecule is N#CCN1CCc2ccc(NS(=O)(=O)c3cc(Cl)ccc3O)cc21. The summed E-state index contributed by atoms with van der Waals surface area (Å²) in [5.41, 5.74) is 2.27. The van der Waals surface area contributed by atoms with Crippen molar-refractivity contribution >= 4 is 33.0 Å². The lowest BCUT2D eigenvalue weighted by molar-refractivity contribution is 0.459. The van der Waals surface area contributed by atoms with Crippen LogP contribution in [-0.2, 0) is 16.4 Å². The van der Waals surface area contributed by atoms with Gasteiger partial charge in [0.2, 0.25) is 0 Å². The van der Waals surface area contributed by atoms with Gasteiger partial charge in [-0.2, -0.15) is 5.26 Å². The molecule has 1 aliphatic rings. The predicted octanol–water partition coefficient (Wildman–Crippen LogP) is 2.73. The molecule has 0 aliphatic carbocycles. The number of benzene rings is 2. The average Bonchev–Trinajstić information content (AvgIpc) is 2.92. The maximum atomic E-state index is 12.5. The molecular formula is C16H14ClN3O3S. The molecule has 2 aromatic rings. The molecule has 0 amide bonds. The van der Waals surface area contributed by atoms with Gasteiger partial charge in [0.05, 0.1) is 11.8 Å². The summed E-state index contributed by atoms with van der Waals surface area (Å²) in [5, 5.41) is 18.9. The zero-order chi connectivity index (χ0) is 17.3. The Kier molecular flexibility index (Phi) is 4.26. The summed E-state index contributed by atoms with van der Waals surface area (Å²) < 4.78 is 27.4. The van der Waals surface area contributed by atoms with Crippen LogP contribution in [0.2, 0.25) is 5.02 Å². The summed E-state index contributed by atoms with van der Waals surface area (Å²) >= 11 is 5.82. The molecule has 0 bridgehead atoms. The zero-order valence-corrected chi connectivity index (χ0v) is 14.1. The molecule has 3 rings (SSSR count). The van der Waals surface area contributed by atoms with Crippen molar-refractivity contribution < 1.29 is 13.5 Å². The van der Waals surface area contributed by atoms with Crippen molar-refractivity contribution in [2.24, 2.45) is 0 Å². The van der Waals surface area contributed by atoms with Gasteiger partial charge in [0.15, 0.2) is 0 Å². The van der Waals surface area contributed by atoms with Crippen LogP contribution < -0.4 is 9.62 Å². The number of rotatable bonds is 4. The third-order valence-corrected chi connectivity index (χ3v) is 5.45. The van der Waals surface area contributed by atoms with E-state index in [4.69, 9.17) is 16.9 Å². The predicted molar refractivity (Wildman–Crippen MR) is 91.9 cm³/mol. The largest absolute Gasteiger partial charge is 0.507 e. The number of phenolic OH excluding ortho intramolecular Hbond substituents is 1. The van der Waals surface area contributed by atoms with Crippen molar-refractivity contribution in [3.8, 4) is 11.8 Å². The van der Waals surface area contributed by atoms with Crippen LogP contribution in [0.15, 0.2) is 41.3 Å². The van der Waals surface area contributed by atoms with E-state index in [1.807, 2.05) is 11.0 Å². The van der Waals surface area contributed by atoms with Gasteiger partial charge in [0, 0.05) is 17.3 Å². The first-order valence-corrected chi connectivity index (χ1v) is 9.03. The molecular weight excluding hydrogens is 350 g/mol. The molecule has 1 aliphatic heterocycles. The van der Waals surface area contributed by atoms with Gasteiger partial charge in [-0.3, -0.25) is 4.72 Å². The first kappa shape index (κ1) is 16.4.